The first kappa shape index (κ1) is 15.8. The van der Waals surface area contributed by atoms with Crippen LogP contribution in [0.25, 0.3) is 0 Å². The van der Waals surface area contributed by atoms with Gasteiger partial charge in [0.1, 0.15) is 0 Å². The van der Waals surface area contributed by atoms with Crippen LogP contribution >= 0.6 is 0 Å². The Labute approximate surface area is 136 Å². The van der Waals surface area contributed by atoms with E-state index in [-0.39, 0.29) is 18.5 Å². The highest BCUT2D eigenvalue weighted by Crippen LogP contribution is 2.18. The summed E-state index contributed by atoms with van der Waals surface area (Å²) >= 11 is 0. The van der Waals surface area contributed by atoms with Crippen LogP contribution in [-0.2, 0) is 17.8 Å². The highest BCUT2D eigenvalue weighted by atomic mass is 16.2. The average molecular weight is 316 g/mol. The van der Waals surface area contributed by atoms with Gasteiger partial charge >= 0.3 is 6.03 Å². The van der Waals surface area contributed by atoms with Crippen LogP contribution in [0.15, 0.2) is 24.3 Å². The molecule has 0 atom stereocenters. The van der Waals surface area contributed by atoms with Gasteiger partial charge in [-0.3, -0.25) is 4.79 Å². The second kappa shape index (κ2) is 7.46. The maximum atomic E-state index is 12.3. The second-order valence-electron chi connectivity index (χ2n) is 6.08. The predicted molar refractivity (Wildman–Crippen MR) is 88.0 cm³/mol. The second-order valence-corrected chi connectivity index (χ2v) is 6.08. The molecule has 3 rings (SSSR count). The van der Waals surface area contributed by atoms with E-state index >= 15 is 0 Å². The predicted octanol–water partition coefficient (Wildman–Crippen LogP) is 0.576. The zero-order valence-electron chi connectivity index (χ0n) is 13.4. The molecule has 0 bridgehead atoms. The lowest BCUT2D eigenvalue weighted by atomic mass is 10.0. The van der Waals surface area contributed by atoms with E-state index in [4.69, 9.17) is 0 Å². The molecule has 1 aromatic carbocycles. The van der Waals surface area contributed by atoms with E-state index in [2.05, 4.69) is 22.8 Å². The molecule has 1 fully saturated rings. The first-order valence-corrected chi connectivity index (χ1v) is 8.32. The molecule has 3 amide bonds. The Morgan fingerprint density at radius 3 is 2.74 bits per heavy atom. The fourth-order valence-corrected chi connectivity index (χ4v) is 3.14. The van der Waals surface area contributed by atoms with Gasteiger partial charge in [-0.15, -0.1) is 0 Å². The minimum absolute atomic E-state index is 0.000500. The van der Waals surface area contributed by atoms with Crippen molar-refractivity contribution in [2.45, 2.75) is 19.4 Å². The van der Waals surface area contributed by atoms with E-state index in [1.54, 1.807) is 4.90 Å². The van der Waals surface area contributed by atoms with E-state index < -0.39 is 0 Å². The summed E-state index contributed by atoms with van der Waals surface area (Å²) < 4.78 is 0. The Balaban J connectivity index is 1.49. The molecule has 23 heavy (non-hydrogen) atoms. The Hall–Kier alpha value is -2.08. The van der Waals surface area contributed by atoms with Crippen LogP contribution in [0.1, 0.15) is 17.5 Å². The molecule has 2 N–H and O–H groups in total. The highest BCUT2D eigenvalue weighted by Gasteiger charge is 2.22. The number of nitrogens with one attached hydrogen (secondary N) is 2. The molecule has 0 radical (unpaired) electrons. The lowest BCUT2D eigenvalue weighted by molar-refractivity contribution is -0.129. The number of hydrogen-bond donors (Lipinski definition) is 2. The standard InChI is InChI=1S/C17H24N4O2/c22-16(20-9-3-7-18-8-11-20)12-19-17(23)21-10-6-14-4-1-2-5-15(14)13-21/h1-2,4-5,18H,3,6-13H2,(H,19,23). The topological polar surface area (TPSA) is 64.7 Å². The SMILES string of the molecule is O=C(CNC(=O)N1CCc2ccccc2C1)N1CCCNCC1. The van der Waals surface area contributed by atoms with Crippen LogP contribution in [0.4, 0.5) is 4.79 Å². The molecular weight excluding hydrogens is 292 g/mol. The summed E-state index contributed by atoms with van der Waals surface area (Å²) in [7, 11) is 0. The monoisotopic (exact) mass is 316 g/mol. The largest absolute Gasteiger partial charge is 0.340 e. The lowest BCUT2D eigenvalue weighted by Crippen LogP contribution is -2.47. The van der Waals surface area contributed by atoms with Gasteiger partial charge in [-0.1, -0.05) is 24.3 Å². The molecule has 0 unspecified atom stereocenters. The number of amides is 3. The molecule has 124 valence electrons. The van der Waals surface area contributed by atoms with E-state index in [0.29, 0.717) is 19.6 Å². The number of carbonyl (C=O) groups is 2. The molecule has 2 aliphatic heterocycles. The van der Waals surface area contributed by atoms with Crippen LogP contribution in [0, 0.1) is 0 Å². The first-order chi connectivity index (χ1) is 11.2. The van der Waals surface area contributed by atoms with Crippen molar-refractivity contribution in [3.05, 3.63) is 35.4 Å². The Kier molecular flexibility index (Phi) is 5.12. The summed E-state index contributed by atoms with van der Waals surface area (Å²) in [6.07, 6.45) is 1.83. The van der Waals surface area contributed by atoms with Crippen LogP contribution < -0.4 is 10.6 Å². The molecular formula is C17H24N4O2. The van der Waals surface area contributed by atoms with Gasteiger partial charge in [0.25, 0.3) is 0 Å². The summed E-state index contributed by atoms with van der Waals surface area (Å²) in [4.78, 5) is 28.1. The Morgan fingerprint density at radius 1 is 1.04 bits per heavy atom. The zero-order valence-corrected chi connectivity index (χ0v) is 13.4. The highest BCUT2D eigenvalue weighted by molar-refractivity contribution is 5.84. The van der Waals surface area contributed by atoms with Gasteiger partial charge in [-0.05, 0) is 30.5 Å². The quantitative estimate of drug-likeness (QED) is 0.839. The van der Waals surface area contributed by atoms with Crippen molar-refractivity contribution < 1.29 is 9.59 Å². The molecule has 6 nitrogen and oxygen atoms in total. The minimum Gasteiger partial charge on any atom is -0.340 e. The average Bonchev–Trinajstić information content (AvgIpc) is 2.88. The third-order valence-corrected chi connectivity index (χ3v) is 4.50. The molecule has 1 aromatic rings. The molecule has 0 spiro atoms. The number of carbonyl (C=O) groups excluding carboxylic acids is 2. The van der Waals surface area contributed by atoms with E-state index in [9.17, 15) is 9.59 Å². The maximum absolute atomic E-state index is 12.3. The van der Waals surface area contributed by atoms with Crippen LogP contribution in [0.5, 0.6) is 0 Å². The minimum atomic E-state index is -0.152. The van der Waals surface area contributed by atoms with Gasteiger partial charge in [-0.25, -0.2) is 4.79 Å². The molecule has 0 aromatic heterocycles. The normalized spacial score (nSPS) is 18.1. The van der Waals surface area contributed by atoms with Gasteiger partial charge in [0.15, 0.2) is 0 Å². The molecule has 1 saturated heterocycles. The van der Waals surface area contributed by atoms with Crippen LogP contribution in [-0.4, -0.2) is 61.0 Å². The Morgan fingerprint density at radius 2 is 1.87 bits per heavy atom. The molecule has 0 saturated carbocycles. The summed E-state index contributed by atoms with van der Waals surface area (Å²) in [5.74, 6) is -0.000500. The van der Waals surface area contributed by atoms with Gasteiger partial charge in [-0.2, -0.15) is 0 Å². The van der Waals surface area contributed by atoms with Crippen molar-refractivity contribution in [3.63, 3.8) is 0 Å². The third-order valence-electron chi connectivity index (χ3n) is 4.50. The van der Waals surface area contributed by atoms with Crippen LogP contribution in [0.2, 0.25) is 0 Å². The van der Waals surface area contributed by atoms with Crippen molar-refractivity contribution >= 4 is 11.9 Å². The number of benzene rings is 1. The van der Waals surface area contributed by atoms with Crippen molar-refractivity contribution in [3.8, 4) is 0 Å². The fraction of sp³-hybridized carbons (Fsp3) is 0.529. The number of urea groups is 1. The molecule has 6 heteroatoms. The lowest BCUT2D eigenvalue weighted by Gasteiger charge is -2.29. The van der Waals surface area contributed by atoms with Crippen molar-refractivity contribution in [2.24, 2.45) is 0 Å². The van der Waals surface area contributed by atoms with Gasteiger partial charge in [0.05, 0.1) is 6.54 Å². The summed E-state index contributed by atoms with van der Waals surface area (Å²) in [6.45, 7) is 4.64. The van der Waals surface area contributed by atoms with Gasteiger partial charge < -0.3 is 20.4 Å². The number of fused-ring (bicyclic) bond motifs is 1. The van der Waals surface area contributed by atoms with E-state index in [1.807, 2.05) is 17.0 Å². The summed E-state index contributed by atoms with van der Waals surface area (Å²) in [5, 5.41) is 6.04. The Bertz CT molecular complexity index is 567. The first-order valence-electron chi connectivity index (χ1n) is 8.32. The van der Waals surface area contributed by atoms with Gasteiger partial charge in [0.2, 0.25) is 5.91 Å². The number of hydrogen-bond acceptors (Lipinski definition) is 3. The molecule has 2 aliphatic rings. The fourth-order valence-electron chi connectivity index (χ4n) is 3.14. The van der Waals surface area contributed by atoms with Crippen LogP contribution in [0.3, 0.4) is 0 Å². The number of nitrogens with zero attached hydrogens (tertiary/aromatic N) is 2. The van der Waals surface area contributed by atoms with Crippen molar-refractivity contribution in [1.29, 1.82) is 0 Å². The summed E-state index contributed by atoms with van der Waals surface area (Å²) in [6, 6.07) is 8.05. The van der Waals surface area contributed by atoms with Crippen molar-refractivity contribution in [1.82, 2.24) is 20.4 Å². The smallest absolute Gasteiger partial charge is 0.318 e. The van der Waals surface area contributed by atoms with E-state index in [1.165, 1.54) is 11.1 Å². The third kappa shape index (κ3) is 4.01. The van der Waals surface area contributed by atoms with Crippen molar-refractivity contribution in [2.75, 3.05) is 39.3 Å². The van der Waals surface area contributed by atoms with Gasteiger partial charge in [0, 0.05) is 32.7 Å². The number of rotatable bonds is 2. The van der Waals surface area contributed by atoms with E-state index in [0.717, 1.165) is 32.5 Å². The molecule has 2 heterocycles. The summed E-state index contributed by atoms with van der Waals surface area (Å²) in [5.41, 5.74) is 2.50. The zero-order chi connectivity index (χ0) is 16.1. The maximum Gasteiger partial charge on any atom is 0.318 e. The molecule has 0 aliphatic carbocycles.